The molecule has 226 valence electrons. The zero-order valence-corrected chi connectivity index (χ0v) is 24.0. The summed E-state index contributed by atoms with van der Waals surface area (Å²) in [6, 6.07) is 15.9. The van der Waals surface area contributed by atoms with Crippen LogP contribution >= 0.6 is 0 Å². The van der Waals surface area contributed by atoms with Crippen LogP contribution in [-0.2, 0) is 17.6 Å². The van der Waals surface area contributed by atoms with E-state index in [4.69, 9.17) is 4.74 Å². The fraction of sp³-hybridized carbons (Fsp3) is 0.333. The fourth-order valence-corrected chi connectivity index (χ4v) is 5.80. The molecule has 1 heterocycles. The van der Waals surface area contributed by atoms with E-state index in [9.17, 15) is 17.6 Å². The molecule has 0 spiro atoms. The highest BCUT2D eigenvalue weighted by Gasteiger charge is 2.23. The van der Waals surface area contributed by atoms with Crippen molar-refractivity contribution >= 4 is 0 Å². The summed E-state index contributed by atoms with van der Waals surface area (Å²) in [4.78, 5) is 0. The van der Waals surface area contributed by atoms with E-state index in [0.717, 1.165) is 37.1 Å². The number of rotatable bonds is 10. The molecule has 4 aromatic rings. The Labute approximate surface area is 248 Å². The van der Waals surface area contributed by atoms with Crippen molar-refractivity contribution in [3.05, 3.63) is 118 Å². The largest absolute Gasteiger partial charge is 0.373 e. The molecule has 1 aliphatic heterocycles. The Kier molecular flexibility index (Phi) is 9.91. The van der Waals surface area contributed by atoms with Gasteiger partial charge in [0.05, 0.1) is 12.7 Å². The summed E-state index contributed by atoms with van der Waals surface area (Å²) in [5.41, 5.74) is 2.14. The third-order valence-corrected chi connectivity index (χ3v) is 8.35. The lowest BCUT2D eigenvalue weighted by molar-refractivity contribution is -0.0198. The maximum atomic E-state index is 15.1. The summed E-state index contributed by atoms with van der Waals surface area (Å²) in [6.45, 7) is 2.95. The van der Waals surface area contributed by atoms with Crippen LogP contribution in [0.25, 0.3) is 22.3 Å². The van der Waals surface area contributed by atoms with Crippen LogP contribution in [0.3, 0.4) is 0 Å². The Morgan fingerprint density at radius 2 is 1.37 bits per heavy atom. The molecule has 0 amide bonds. The van der Waals surface area contributed by atoms with Gasteiger partial charge in [-0.2, -0.15) is 0 Å². The molecule has 1 nitrogen and oxygen atoms in total. The van der Waals surface area contributed by atoms with Crippen LogP contribution in [0.5, 0.6) is 0 Å². The van der Waals surface area contributed by atoms with Crippen molar-refractivity contribution in [2.45, 2.75) is 64.4 Å². The van der Waals surface area contributed by atoms with Crippen LogP contribution in [0.1, 0.15) is 68.2 Å². The summed E-state index contributed by atoms with van der Waals surface area (Å²) in [6.07, 6.45) is 7.30. The average Bonchev–Trinajstić information content (AvgIpc) is 3.01. The average molecular weight is 597 g/mol. The smallest absolute Gasteiger partial charge is 0.194 e. The van der Waals surface area contributed by atoms with Gasteiger partial charge >= 0.3 is 0 Å². The van der Waals surface area contributed by atoms with Gasteiger partial charge in [0.2, 0.25) is 0 Å². The fourth-order valence-electron chi connectivity index (χ4n) is 5.80. The van der Waals surface area contributed by atoms with Crippen LogP contribution in [0.15, 0.2) is 66.7 Å². The molecule has 2 unspecified atom stereocenters. The maximum absolute atomic E-state index is 15.1. The molecule has 5 rings (SSSR count). The third-order valence-electron chi connectivity index (χ3n) is 8.35. The molecular formula is C36H34F6O. The number of halogens is 6. The number of benzene rings is 4. The summed E-state index contributed by atoms with van der Waals surface area (Å²) in [7, 11) is 0. The van der Waals surface area contributed by atoms with E-state index in [2.05, 4.69) is 6.92 Å². The molecular weight excluding hydrogens is 562 g/mol. The number of unbranched alkanes of at least 4 members (excludes halogenated alkanes) is 2. The van der Waals surface area contributed by atoms with Crippen molar-refractivity contribution in [1.82, 2.24) is 0 Å². The minimum Gasteiger partial charge on any atom is -0.373 e. The molecule has 1 saturated heterocycles. The number of ether oxygens (including phenoxy) is 1. The summed E-state index contributed by atoms with van der Waals surface area (Å²) >= 11 is 0. The Morgan fingerprint density at radius 1 is 0.651 bits per heavy atom. The van der Waals surface area contributed by atoms with Crippen LogP contribution < -0.4 is 0 Å². The first kappa shape index (κ1) is 30.9. The molecule has 7 heteroatoms. The molecule has 1 fully saturated rings. The van der Waals surface area contributed by atoms with Gasteiger partial charge in [-0.25, -0.2) is 26.3 Å². The Balaban J connectivity index is 1.22. The van der Waals surface area contributed by atoms with Crippen LogP contribution in [-0.4, -0.2) is 6.61 Å². The second-order valence-electron chi connectivity index (χ2n) is 11.4. The number of hydrogen-bond donors (Lipinski definition) is 0. The minimum absolute atomic E-state index is 0.0114. The highest BCUT2D eigenvalue weighted by molar-refractivity contribution is 5.66. The zero-order valence-electron chi connectivity index (χ0n) is 24.0. The monoisotopic (exact) mass is 596 g/mol. The Morgan fingerprint density at radius 3 is 2.02 bits per heavy atom. The second kappa shape index (κ2) is 13.8. The van der Waals surface area contributed by atoms with Gasteiger partial charge in [-0.05, 0) is 84.0 Å². The van der Waals surface area contributed by atoms with Gasteiger partial charge in [-0.3, -0.25) is 0 Å². The predicted molar refractivity (Wildman–Crippen MR) is 156 cm³/mol. The summed E-state index contributed by atoms with van der Waals surface area (Å²) in [5, 5.41) is 0. The standard InChI is InChI=1S/C36H34F6O/c1-2-3-4-5-23-8-17-33(43-21-23)25-12-10-24(11-13-25)29-16-14-26(34(40)35(29)41)9-6-22-7-15-28(30(37)18-22)27-19-31(38)36(42)32(39)20-27/h7,10-16,18-20,23,33H,2-6,8-9,17,21H2,1H3. The molecule has 0 radical (unpaired) electrons. The van der Waals surface area contributed by atoms with Crippen molar-refractivity contribution < 1.29 is 31.1 Å². The maximum Gasteiger partial charge on any atom is 0.194 e. The predicted octanol–water partition coefficient (Wildman–Crippen LogP) is 10.7. The molecule has 2 atom stereocenters. The van der Waals surface area contributed by atoms with E-state index < -0.39 is 34.9 Å². The molecule has 4 aromatic carbocycles. The van der Waals surface area contributed by atoms with E-state index in [1.54, 1.807) is 18.2 Å². The minimum atomic E-state index is -1.63. The van der Waals surface area contributed by atoms with Crippen molar-refractivity contribution in [1.29, 1.82) is 0 Å². The zero-order chi connectivity index (χ0) is 30.5. The third kappa shape index (κ3) is 7.15. The second-order valence-corrected chi connectivity index (χ2v) is 11.4. The first-order valence-electron chi connectivity index (χ1n) is 14.9. The highest BCUT2D eigenvalue weighted by Crippen LogP contribution is 2.35. The Bertz CT molecular complexity index is 1530. The van der Waals surface area contributed by atoms with E-state index in [0.29, 0.717) is 17.0 Å². The van der Waals surface area contributed by atoms with Crippen molar-refractivity contribution in [2.24, 2.45) is 5.92 Å². The van der Waals surface area contributed by atoms with E-state index >= 15 is 8.78 Å². The number of hydrogen-bond acceptors (Lipinski definition) is 1. The molecule has 1 aliphatic rings. The van der Waals surface area contributed by atoms with E-state index in [1.807, 2.05) is 12.1 Å². The van der Waals surface area contributed by atoms with Gasteiger partial charge in [0.25, 0.3) is 0 Å². The van der Waals surface area contributed by atoms with Gasteiger partial charge in [0.15, 0.2) is 29.1 Å². The lowest BCUT2D eigenvalue weighted by Gasteiger charge is -2.29. The molecule has 0 aromatic heterocycles. The topological polar surface area (TPSA) is 9.23 Å². The van der Waals surface area contributed by atoms with Crippen LogP contribution in [0.2, 0.25) is 0 Å². The van der Waals surface area contributed by atoms with Crippen molar-refractivity contribution in [2.75, 3.05) is 6.61 Å². The lowest BCUT2D eigenvalue weighted by atomic mass is 9.90. The molecule has 0 N–H and O–H groups in total. The quantitative estimate of drug-likeness (QED) is 0.101. The molecule has 43 heavy (non-hydrogen) atoms. The first-order chi connectivity index (χ1) is 20.7. The SMILES string of the molecule is CCCCCC1CCC(c2ccc(-c3ccc(CCc4ccc(-c5cc(F)c(F)c(F)c5)c(F)c4)c(F)c3F)cc2)OC1. The van der Waals surface area contributed by atoms with E-state index in [1.165, 1.54) is 49.9 Å². The van der Waals surface area contributed by atoms with Crippen LogP contribution in [0.4, 0.5) is 26.3 Å². The van der Waals surface area contributed by atoms with Crippen LogP contribution in [0, 0.1) is 40.8 Å². The molecule has 0 aliphatic carbocycles. The molecule has 0 saturated carbocycles. The highest BCUT2D eigenvalue weighted by atomic mass is 19.2. The van der Waals surface area contributed by atoms with Gasteiger partial charge in [0.1, 0.15) is 5.82 Å². The first-order valence-corrected chi connectivity index (χ1v) is 14.9. The van der Waals surface area contributed by atoms with Crippen molar-refractivity contribution in [3.8, 4) is 22.3 Å². The lowest BCUT2D eigenvalue weighted by Crippen LogP contribution is -2.20. The summed E-state index contributed by atoms with van der Waals surface area (Å²) < 4.78 is 91.5. The number of aryl methyl sites for hydroxylation is 2. The van der Waals surface area contributed by atoms with Crippen molar-refractivity contribution in [3.63, 3.8) is 0 Å². The van der Waals surface area contributed by atoms with Gasteiger partial charge in [-0.15, -0.1) is 0 Å². The Hall–Kier alpha value is -3.58. The van der Waals surface area contributed by atoms with E-state index in [-0.39, 0.29) is 41.2 Å². The van der Waals surface area contributed by atoms with Gasteiger partial charge < -0.3 is 4.74 Å². The van der Waals surface area contributed by atoms with Gasteiger partial charge in [-0.1, -0.05) is 74.7 Å². The molecule has 0 bridgehead atoms. The normalized spacial score (nSPS) is 16.9. The summed E-state index contributed by atoms with van der Waals surface area (Å²) in [5.74, 6) is -6.53. The van der Waals surface area contributed by atoms with Gasteiger partial charge in [0, 0.05) is 11.1 Å².